The molecule has 1 heterocycles. The van der Waals surface area contributed by atoms with Gasteiger partial charge in [-0.25, -0.2) is 8.78 Å². The second-order valence-electron chi connectivity index (χ2n) is 7.91. The summed E-state index contributed by atoms with van der Waals surface area (Å²) >= 11 is 0. The third-order valence-electron chi connectivity index (χ3n) is 5.41. The molecule has 1 aromatic heterocycles. The number of amidine groups is 1. The third-order valence-corrected chi connectivity index (χ3v) is 6.74. The number of aromatic nitrogens is 1. The highest BCUT2D eigenvalue weighted by atomic mass is 32.2. The number of hydrogen-bond acceptors (Lipinski definition) is 6. The SMILES string of the molecule is N#CCOc1cc(-c2cccc(F)c2)c(F)cc1-n1c(=O)ccc2cc(S(=O)(=O)N=C(N)CC=O)ccc21. The number of carbonyl (C=O) groups excluding carboxylic acids is 1. The quantitative estimate of drug-likeness (QED) is 0.206. The number of nitrogens with zero attached hydrogens (tertiary/aromatic N) is 3. The van der Waals surface area contributed by atoms with Gasteiger partial charge in [0.05, 0.1) is 22.5 Å². The van der Waals surface area contributed by atoms with Gasteiger partial charge in [-0.2, -0.15) is 13.7 Å². The Morgan fingerprint density at radius 3 is 2.61 bits per heavy atom. The van der Waals surface area contributed by atoms with Gasteiger partial charge < -0.3 is 15.3 Å². The zero-order valence-electron chi connectivity index (χ0n) is 19.5. The van der Waals surface area contributed by atoms with Gasteiger partial charge in [0.15, 0.2) is 6.61 Å². The maximum Gasteiger partial charge on any atom is 0.283 e. The summed E-state index contributed by atoms with van der Waals surface area (Å²) in [5, 5.41) is 9.31. The number of aldehydes is 1. The summed E-state index contributed by atoms with van der Waals surface area (Å²) < 4.78 is 64.3. The van der Waals surface area contributed by atoms with E-state index in [0.29, 0.717) is 6.29 Å². The minimum absolute atomic E-state index is 0.0198. The van der Waals surface area contributed by atoms with Crippen molar-refractivity contribution >= 4 is 33.0 Å². The Labute approximate surface area is 215 Å². The van der Waals surface area contributed by atoms with Gasteiger partial charge in [0.1, 0.15) is 35.6 Å². The molecule has 0 aliphatic heterocycles. The van der Waals surface area contributed by atoms with Gasteiger partial charge in [-0.1, -0.05) is 12.1 Å². The Bertz CT molecular complexity index is 1810. The highest BCUT2D eigenvalue weighted by Gasteiger charge is 2.19. The van der Waals surface area contributed by atoms with Crippen molar-refractivity contribution in [1.82, 2.24) is 4.57 Å². The van der Waals surface area contributed by atoms with Crippen LogP contribution in [0.2, 0.25) is 0 Å². The van der Waals surface area contributed by atoms with Crippen LogP contribution in [0.5, 0.6) is 5.75 Å². The molecule has 3 aromatic carbocycles. The van der Waals surface area contributed by atoms with E-state index in [1.807, 2.05) is 0 Å². The van der Waals surface area contributed by atoms with E-state index < -0.39 is 39.7 Å². The number of benzene rings is 3. The molecule has 4 rings (SSSR count). The van der Waals surface area contributed by atoms with Crippen LogP contribution in [0, 0.1) is 23.0 Å². The fourth-order valence-corrected chi connectivity index (χ4v) is 4.79. The van der Waals surface area contributed by atoms with E-state index >= 15 is 4.39 Å². The van der Waals surface area contributed by atoms with Gasteiger partial charge in [0, 0.05) is 23.1 Å². The predicted molar refractivity (Wildman–Crippen MR) is 135 cm³/mol. The van der Waals surface area contributed by atoms with Crippen LogP contribution in [0.15, 0.2) is 80.8 Å². The van der Waals surface area contributed by atoms with Crippen molar-refractivity contribution in [2.45, 2.75) is 11.3 Å². The molecule has 0 radical (unpaired) electrons. The van der Waals surface area contributed by atoms with E-state index in [2.05, 4.69) is 4.40 Å². The fraction of sp³-hybridized carbons (Fsp3) is 0.0769. The first-order valence-corrected chi connectivity index (χ1v) is 12.4. The Hall–Kier alpha value is -4.89. The summed E-state index contributed by atoms with van der Waals surface area (Å²) in [4.78, 5) is 23.3. The molecule has 4 aromatic rings. The molecule has 0 aliphatic carbocycles. The molecular weight excluding hydrogens is 518 g/mol. The molecule has 0 atom stereocenters. The molecular formula is C26H18F2N4O5S. The lowest BCUT2D eigenvalue weighted by Gasteiger charge is -2.17. The van der Waals surface area contributed by atoms with Crippen molar-refractivity contribution in [2.75, 3.05) is 6.61 Å². The first-order valence-electron chi connectivity index (χ1n) is 10.9. The third kappa shape index (κ3) is 5.28. The molecule has 0 saturated heterocycles. The fourth-order valence-electron chi connectivity index (χ4n) is 3.78. The molecule has 0 saturated carbocycles. The van der Waals surface area contributed by atoms with Crippen LogP contribution >= 0.6 is 0 Å². The van der Waals surface area contributed by atoms with Crippen molar-refractivity contribution in [3.63, 3.8) is 0 Å². The first kappa shape index (κ1) is 26.2. The first-order chi connectivity index (χ1) is 18.1. The van der Waals surface area contributed by atoms with E-state index in [1.54, 1.807) is 6.07 Å². The molecule has 2 N–H and O–H groups in total. The molecule has 0 bridgehead atoms. The Morgan fingerprint density at radius 1 is 1.11 bits per heavy atom. The van der Waals surface area contributed by atoms with Crippen molar-refractivity contribution in [3.05, 3.63) is 88.7 Å². The van der Waals surface area contributed by atoms with Crippen LogP contribution < -0.4 is 16.0 Å². The van der Waals surface area contributed by atoms with Gasteiger partial charge in [-0.3, -0.25) is 9.36 Å². The number of carbonyl (C=O) groups is 1. The normalized spacial score (nSPS) is 11.8. The largest absolute Gasteiger partial charge is 0.477 e. The van der Waals surface area contributed by atoms with E-state index in [9.17, 15) is 22.4 Å². The van der Waals surface area contributed by atoms with E-state index in [1.165, 1.54) is 48.5 Å². The number of nitrogens with two attached hydrogens (primary N) is 1. The van der Waals surface area contributed by atoms with Gasteiger partial charge in [-0.15, -0.1) is 4.40 Å². The topological polar surface area (TPSA) is 145 Å². The number of hydrogen-bond donors (Lipinski definition) is 1. The molecule has 0 amide bonds. The summed E-state index contributed by atoms with van der Waals surface area (Å²) in [5.74, 6) is -1.81. The van der Waals surface area contributed by atoms with Crippen LogP contribution in [-0.2, 0) is 14.8 Å². The number of ether oxygens (including phenoxy) is 1. The summed E-state index contributed by atoms with van der Waals surface area (Å²) in [5.41, 5.74) is 5.21. The number of pyridine rings is 1. The summed E-state index contributed by atoms with van der Waals surface area (Å²) in [6.45, 7) is -0.427. The van der Waals surface area contributed by atoms with Gasteiger partial charge in [0.2, 0.25) is 0 Å². The molecule has 12 heteroatoms. The van der Waals surface area contributed by atoms with Gasteiger partial charge in [-0.05, 0) is 48.0 Å². The van der Waals surface area contributed by atoms with Crippen LogP contribution in [0.3, 0.4) is 0 Å². The van der Waals surface area contributed by atoms with E-state index in [4.69, 9.17) is 15.7 Å². The maximum atomic E-state index is 15.3. The van der Waals surface area contributed by atoms with E-state index in [0.717, 1.165) is 22.8 Å². The zero-order valence-corrected chi connectivity index (χ0v) is 20.3. The second-order valence-corrected chi connectivity index (χ2v) is 9.52. The summed E-state index contributed by atoms with van der Waals surface area (Å²) in [6, 6.07) is 15.6. The Balaban J connectivity index is 1.92. The zero-order chi connectivity index (χ0) is 27.4. The highest BCUT2D eigenvalue weighted by Crippen LogP contribution is 2.34. The summed E-state index contributed by atoms with van der Waals surface area (Å²) in [6.07, 6.45) is 0.0487. The van der Waals surface area contributed by atoms with Crippen molar-refractivity contribution < 1.29 is 26.7 Å². The summed E-state index contributed by atoms with van der Waals surface area (Å²) in [7, 11) is -4.26. The smallest absolute Gasteiger partial charge is 0.283 e. The minimum Gasteiger partial charge on any atom is -0.477 e. The maximum absolute atomic E-state index is 15.3. The number of nitriles is 1. The lowest BCUT2D eigenvalue weighted by molar-refractivity contribution is -0.106. The van der Waals surface area contributed by atoms with Crippen LogP contribution in [0.4, 0.5) is 8.78 Å². The molecule has 192 valence electrons. The number of halogens is 2. The van der Waals surface area contributed by atoms with Crippen molar-refractivity contribution in [1.29, 1.82) is 5.26 Å². The van der Waals surface area contributed by atoms with E-state index in [-0.39, 0.29) is 44.8 Å². The van der Waals surface area contributed by atoms with Gasteiger partial charge in [0.25, 0.3) is 15.6 Å². The molecule has 0 spiro atoms. The van der Waals surface area contributed by atoms with Crippen molar-refractivity contribution in [3.8, 4) is 28.6 Å². The second kappa shape index (κ2) is 10.6. The Kier molecular flexibility index (Phi) is 7.31. The van der Waals surface area contributed by atoms with Crippen molar-refractivity contribution in [2.24, 2.45) is 10.1 Å². The lowest BCUT2D eigenvalue weighted by Crippen LogP contribution is -2.19. The Morgan fingerprint density at radius 2 is 1.89 bits per heavy atom. The number of sulfonamides is 1. The average Bonchev–Trinajstić information content (AvgIpc) is 2.87. The average molecular weight is 537 g/mol. The predicted octanol–water partition coefficient (Wildman–Crippen LogP) is 3.47. The van der Waals surface area contributed by atoms with Crippen LogP contribution in [-0.4, -0.2) is 31.7 Å². The monoisotopic (exact) mass is 536 g/mol. The molecule has 0 fully saturated rings. The highest BCUT2D eigenvalue weighted by molar-refractivity contribution is 7.90. The van der Waals surface area contributed by atoms with Crippen LogP contribution in [0.1, 0.15) is 6.42 Å². The minimum atomic E-state index is -4.26. The lowest BCUT2D eigenvalue weighted by atomic mass is 10.0. The molecule has 38 heavy (non-hydrogen) atoms. The number of rotatable bonds is 8. The standard InChI is InChI=1S/C26H18F2N4O5S/c27-18-3-1-2-16(12-18)20-14-24(37-11-9-29)23(15-21(20)28)32-22-6-5-19(13-17(22)4-7-26(32)34)38(35,36)31-25(30)8-10-33/h1-7,10,12-15H,8,11H2,(H2,30,31). The number of fused-ring (bicyclic) bond motifs is 1. The molecule has 9 nitrogen and oxygen atoms in total. The van der Waals surface area contributed by atoms with Crippen LogP contribution in [0.25, 0.3) is 27.7 Å². The van der Waals surface area contributed by atoms with Gasteiger partial charge >= 0.3 is 0 Å². The molecule has 0 unspecified atom stereocenters. The molecule has 0 aliphatic rings.